The summed E-state index contributed by atoms with van der Waals surface area (Å²) in [6, 6.07) is 0. The van der Waals surface area contributed by atoms with Crippen LogP contribution in [-0.2, 0) is 32.7 Å². The molecule has 0 heterocycles. The fraction of sp³-hybridized carbons (Fsp3) is 0.840. The van der Waals surface area contributed by atoms with Crippen LogP contribution in [0.1, 0.15) is 239 Å². The Labute approximate surface area is 369 Å². The average Bonchev–Trinajstić information content (AvgIpc) is 3.24. The van der Waals surface area contributed by atoms with Crippen LogP contribution in [0.5, 0.6) is 0 Å². The number of hydrogen-bond acceptors (Lipinski definition) is 8. The van der Waals surface area contributed by atoms with E-state index in [4.69, 9.17) is 24.3 Å². The highest BCUT2D eigenvalue weighted by Crippen LogP contribution is 2.43. The molecule has 2 atom stereocenters. The van der Waals surface area contributed by atoms with Crippen molar-refractivity contribution in [2.75, 3.05) is 26.4 Å². The molecule has 0 aliphatic rings. The molecule has 0 spiro atoms. The van der Waals surface area contributed by atoms with E-state index >= 15 is 0 Å². The van der Waals surface area contributed by atoms with Crippen molar-refractivity contribution in [1.82, 2.24) is 0 Å². The van der Waals surface area contributed by atoms with Gasteiger partial charge in [0.1, 0.15) is 6.61 Å². The number of phosphoric ester groups is 1. The van der Waals surface area contributed by atoms with Crippen LogP contribution >= 0.6 is 7.82 Å². The van der Waals surface area contributed by atoms with Crippen LogP contribution in [0.2, 0.25) is 0 Å². The minimum Gasteiger partial charge on any atom is -0.462 e. The molecule has 352 valence electrons. The SMILES string of the molecule is CCCCCCC/C=C\C/C=C\C/C=C\CCCCCCCCCCC(=O)OC(COC(=O)CCCCCCCCCCCCCCCCCC)COP(=O)(O)OCCN. The molecule has 10 heteroatoms. The maximum absolute atomic E-state index is 12.6. The first-order chi connectivity index (χ1) is 29.3. The number of rotatable bonds is 47. The molecule has 0 saturated carbocycles. The fourth-order valence-electron chi connectivity index (χ4n) is 7.05. The van der Waals surface area contributed by atoms with E-state index in [0.29, 0.717) is 6.42 Å². The summed E-state index contributed by atoms with van der Waals surface area (Å²) in [5.41, 5.74) is 5.36. The standard InChI is InChI=1S/C50H94NO8P/c1-3-5-7-9-11-13-15-17-19-21-22-23-24-25-26-27-29-31-33-35-37-39-41-43-50(53)59-48(47-58-60(54,55)57-45-44-51)46-56-49(52)42-40-38-36-34-32-30-28-20-18-16-14-12-10-8-6-4-2/h15,17,21-22,24-25,48H,3-14,16,18-20,23,26-47,51H2,1-2H3,(H,54,55)/b17-15-,22-21-,25-24-. The lowest BCUT2D eigenvalue weighted by Gasteiger charge is -2.19. The first-order valence-electron chi connectivity index (χ1n) is 25.0. The largest absolute Gasteiger partial charge is 0.472 e. The third-order valence-corrected chi connectivity index (χ3v) is 11.8. The Morgan fingerprint density at radius 1 is 0.500 bits per heavy atom. The van der Waals surface area contributed by atoms with Gasteiger partial charge in [-0.3, -0.25) is 18.6 Å². The molecule has 0 bridgehead atoms. The Hall–Kier alpha value is -1.77. The van der Waals surface area contributed by atoms with Crippen molar-refractivity contribution in [3.63, 3.8) is 0 Å². The van der Waals surface area contributed by atoms with E-state index in [1.165, 1.54) is 148 Å². The minimum absolute atomic E-state index is 0.0528. The number of carbonyl (C=O) groups is 2. The van der Waals surface area contributed by atoms with Crippen LogP contribution in [0.25, 0.3) is 0 Å². The van der Waals surface area contributed by atoms with Gasteiger partial charge in [-0.25, -0.2) is 4.57 Å². The summed E-state index contributed by atoms with van der Waals surface area (Å²) in [6.07, 6.45) is 53.2. The number of unbranched alkanes of at least 4 members (excludes halogenated alkanes) is 28. The first kappa shape index (κ1) is 58.2. The van der Waals surface area contributed by atoms with Gasteiger partial charge in [0, 0.05) is 19.4 Å². The summed E-state index contributed by atoms with van der Waals surface area (Å²) in [5, 5.41) is 0. The Kier molecular flexibility index (Phi) is 45.3. The zero-order valence-corrected chi connectivity index (χ0v) is 39.8. The van der Waals surface area contributed by atoms with Gasteiger partial charge in [0.15, 0.2) is 6.10 Å². The molecule has 0 radical (unpaired) electrons. The zero-order valence-electron chi connectivity index (χ0n) is 38.9. The number of nitrogens with two attached hydrogens (primary N) is 1. The first-order valence-corrected chi connectivity index (χ1v) is 26.5. The third-order valence-electron chi connectivity index (χ3n) is 10.8. The van der Waals surface area contributed by atoms with E-state index in [-0.39, 0.29) is 38.6 Å². The van der Waals surface area contributed by atoms with Crippen LogP contribution < -0.4 is 5.73 Å². The zero-order chi connectivity index (χ0) is 43.9. The number of hydrogen-bond donors (Lipinski definition) is 2. The Morgan fingerprint density at radius 3 is 1.28 bits per heavy atom. The fourth-order valence-corrected chi connectivity index (χ4v) is 7.82. The molecular weight excluding hydrogens is 774 g/mol. The van der Waals surface area contributed by atoms with Gasteiger partial charge in [0.05, 0.1) is 13.2 Å². The number of phosphoric acid groups is 1. The molecule has 0 saturated heterocycles. The topological polar surface area (TPSA) is 134 Å². The van der Waals surface area contributed by atoms with E-state index in [1.807, 2.05) is 0 Å². The van der Waals surface area contributed by atoms with E-state index in [0.717, 1.165) is 57.8 Å². The second kappa shape index (κ2) is 46.7. The molecule has 0 aromatic rings. The second-order valence-corrected chi connectivity index (χ2v) is 18.1. The summed E-state index contributed by atoms with van der Waals surface area (Å²) < 4.78 is 32.9. The predicted molar refractivity (Wildman–Crippen MR) is 252 cm³/mol. The van der Waals surface area contributed by atoms with Gasteiger partial charge in [-0.1, -0.05) is 211 Å². The van der Waals surface area contributed by atoms with Crippen molar-refractivity contribution in [2.24, 2.45) is 5.73 Å². The van der Waals surface area contributed by atoms with Gasteiger partial charge in [-0.05, 0) is 51.4 Å². The highest BCUT2D eigenvalue weighted by atomic mass is 31.2. The highest BCUT2D eigenvalue weighted by Gasteiger charge is 2.26. The molecule has 0 rings (SSSR count). The monoisotopic (exact) mass is 868 g/mol. The maximum atomic E-state index is 12.6. The Balaban J connectivity index is 4.07. The molecule has 0 aromatic carbocycles. The summed E-state index contributed by atoms with van der Waals surface area (Å²) in [7, 11) is -4.38. The molecule has 0 amide bonds. The highest BCUT2D eigenvalue weighted by molar-refractivity contribution is 7.47. The molecule has 0 aliphatic carbocycles. The van der Waals surface area contributed by atoms with Gasteiger partial charge in [-0.2, -0.15) is 0 Å². The van der Waals surface area contributed by atoms with Gasteiger partial charge in [0.25, 0.3) is 0 Å². The lowest BCUT2D eigenvalue weighted by atomic mass is 10.0. The van der Waals surface area contributed by atoms with Gasteiger partial charge in [-0.15, -0.1) is 0 Å². The van der Waals surface area contributed by atoms with Gasteiger partial charge in [0.2, 0.25) is 0 Å². The summed E-state index contributed by atoms with van der Waals surface area (Å²) in [5.74, 6) is -0.827. The molecule has 0 aromatic heterocycles. The Bertz CT molecular complexity index is 1080. The van der Waals surface area contributed by atoms with Crippen molar-refractivity contribution in [1.29, 1.82) is 0 Å². The van der Waals surface area contributed by atoms with Crippen LogP contribution in [0.4, 0.5) is 0 Å². The van der Waals surface area contributed by atoms with Crippen molar-refractivity contribution >= 4 is 19.8 Å². The van der Waals surface area contributed by atoms with E-state index in [9.17, 15) is 19.0 Å². The molecule has 3 N–H and O–H groups in total. The predicted octanol–water partition coefficient (Wildman–Crippen LogP) is 14.9. The molecule has 60 heavy (non-hydrogen) atoms. The van der Waals surface area contributed by atoms with E-state index in [2.05, 4.69) is 50.3 Å². The number of ether oxygens (including phenoxy) is 2. The molecule has 9 nitrogen and oxygen atoms in total. The van der Waals surface area contributed by atoms with Crippen LogP contribution in [0, 0.1) is 0 Å². The van der Waals surface area contributed by atoms with Crippen molar-refractivity contribution in [3.05, 3.63) is 36.5 Å². The number of esters is 2. The quantitative estimate of drug-likeness (QED) is 0.0265. The number of carbonyl (C=O) groups excluding carboxylic acids is 2. The van der Waals surface area contributed by atoms with Crippen LogP contribution in [0.15, 0.2) is 36.5 Å². The van der Waals surface area contributed by atoms with Crippen molar-refractivity contribution < 1.29 is 37.6 Å². The normalized spacial score (nSPS) is 13.5. The van der Waals surface area contributed by atoms with E-state index < -0.39 is 26.5 Å². The summed E-state index contributed by atoms with van der Waals surface area (Å²) >= 11 is 0. The number of allylic oxidation sites excluding steroid dienone is 6. The summed E-state index contributed by atoms with van der Waals surface area (Å²) in [4.78, 5) is 35.0. The van der Waals surface area contributed by atoms with Gasteiger partial charge >= 0.3 is 19.8 Å². The lowest BCUT2D eigenvalue weighted by molar-refractivity contribution is -0.161. The van der Waals surface area contributed by atoms with Crippen LogP contribution in [-0.4, -0.2) is 49.3 Å². The van der Waals surface area contributed by atoms with E-state index in [1.54, 1.807) is 0 Å². The van der Waals surface area contributed by atoms with Crippen molar-refractivity contribution in [2.45, 2.75) is 245 Å². The lowest BCUT2D eigenvalue weighted by Crippen LogP contribution is -2.29. The minimum atomic E-state index is -4.38. The average molecular weight is 868 g/mol. The molecule has 2 unspecified atom stereocenters. The third kappa shape index (κ3) is 45.7. The van der Waals surface area contributed by atoms with Crippen LogP contribution in [0.3, 0.4) is 0 Å². The van der Waals surface area contributed by atoms with Gasteiger partial charge < -0.3 is 20.1 Å². The second-order valence-electron chi connectivity index (χ2n) is 16.7. The molecule has 0 aliphatic heterocycles. The molecule has 0 fully saturated rings. The smallest absolute Gasteiger partial charge is 0.462 e. The Morgan fingerprint density at radius 2 is 0.867 bits per heavy atom. The maximum Gasteiger partial charge on any atom is 0.472 e. The summed E-state index contributed by atoms with van der Waals surface area (Å²) in [6.45, 7) is 3.75. The molecular formula is C50H94NO8P. The van der Waals surface area contributed by atoms with Crippen molar-refractivity contribution in [3.8, 4) is 0 Å².